The maximum Gasteiger partial charge on any atom is 0.320 e. The zero-order valence-corrected chi connectivity index (χ0v) is 10.5. The Morgan fingerprint density at radius 3 is 2.95 bits per heavy atom. The Hall–Kier alpha value is -2.08. The van der Waals surface area contributed by atoms with Crippen molar-refractivity contribution in [3.8, 4) is 5.75 Å². The number of phenolic OH excluding ortho intramolecular Hbond substituents is 1. The first kappa shape index (κ1) is 12.0. The Bertz CT molecular complexity index is 549. The molecule has 1 atom stereocenters. The highest BCUT2D eigenvalue weighted by atomic mass is 16.4. The first-order chi connectivity index (χ1) is 9.33. The Balaban J connectivity index is 1.73. The van der Waals surface area contributed by atoms with Gasteiger partial charge in [-0.3, -0.25) is 0 Å². The van der Waals surface area contributed by atoms with Crippen LogP contribution in [-0.2, 0) is 0 Å². The van der Waals surface area contributed by atoms with E-state index >= 15 is 0 Å². The van der Waals surface area contributed by atoms with E-state index in [2.05, 4.69) is 20.8 Å². The fourth-order valence-corrected chi connectivity index (χ4v) is 2.18. The van der Waals surface area contributed by atoms with Crippen molar-refractivity contribution in [3.63, 3.8) is 0 Å². The number of aromatic nitrogens is 2. The first-order valence-corrected chi connectivity index (χ1v) is 6.45. The van der Waals surface area contributed by atoms with Crippen LogP contribution in [0.25, 0.3) is 0 Å². The van der Waals surface area contributed by atoms with Gasteiger partial charge in [-0.15, -0.1) is 5.10 Å². The van der Waals surface area contributed by atoms with Crippen LogP contribution >= 0.6 is 0 Å². The summed E-state index contributed by atoms with van der Waals surface area (Å²) in [4.78, 5) is 0. The lowest BCUT2D eigenvalue weighted by Crippen LogP contribution is -2.26. The maximum absolute atomic E-state index is 9.66. The molecular weight excluding hydrogens is 244 g/mol. The molecule has 1 aliphatic heterocycles. The van der Waals surface area contributed by atoms with E-state index in [0.717, 1.165) is 13.0 Å². The average Bonchev–Trinajstić information content (AvgIpc) is 2.91. The van der Waals surface area contributed by atoms with E-state index in [1.807, 2.05) is 6.07 Å². The van der Waals surface area contributed by atoms with Crippen molar-refractivity contribution in [3.05, 3.63) is 30.2 Å². The highest BCUT2D eigenvalue weighted by Crippen LogP contribution is 2.27. The van der Waals surface area contributed by atoms with Gasteiger partial charge in [0.2, 0.25) is 5.89 Å². The van der Waals surface area contributed by atoms with Crippen molar-refractivity contribution in [2.45, 2.75) is 25.3 Å². The van der Waals surface area contributed by atoms with Gasteiger partial charge in [0.25, 0.3) is 0 Å². The lowest BCUT2D eigenvalue weighted by atomic mass is 10.1. The number of rotatable bonds is 3. The molecule has 2 heterocycles. The third-order valence-electron chi connectivity index (χ3n) is 3.19. The molecule has 0 aliphatic carbocycles. The Kier molecular flexibility index (Phi) is 3.33. The van der Waals surface area contributed by atoms with Crippen LogP contribution in [0, 0.1) is 0 Å². The van der Waals surface area contributed by atoms with Crippen LogP contribution in [-0.4, -0.2) is 21.8 Å². The molecular formula is C13H16N4O2. The van der Waals surface area contributed by atoms with Gasteiger partial charge < -0.3 is 20.2 Å². The van der Waals surface area contributed by atoms with Crippen molar-refractivity contribution in [2.24, 2.45) is 0 Å². The van der Waals surface area contributed by atoms with Crippen LogP contribution in [0.5, 0.6) is 5.75 Å². The lowest BCUT2D eigenvalue weighted by molar-refractivity contribution is 0.342. The molecule has 1 unspecified atom stereocenters. The summed E-state index contributed by atoms with van der Waals surface area (Å²) >= 11 is 0. The summed E-state index contributed by atoms with van der Waals surface area (Å²) in [5.41, 5.74) is 0.550. The minimum absolute atomic E-state index is 0.140. The minimum Gasteiger partial charge on any atom is -0.506 e. The Morgan fingerprint density at radius 2 is 2.16 bits per heavy atom. The van der Waals surface area contributed by atoms with E-state index in [1.165, 1.54) is 12.8 Å². The predicted octanol–water partition coefficient (Wildman–Crippen LogP) is 2.33. The second kappa shape index (κ2) is 5.27. The van der Waals surface area contributed by atoms with Crippen molar-refractivity contribution in [1.82, 2.24) is 15.5 Å². The molecule has 1 saturated heterocycles. The summed E-state index contributed by atoms with van der Waals surface area (Å²) in [6.07, 6.45) is 3.37. The second-order valence-corrected chi connectivity index (χ2v) is 4.59. The molecule has 0 bridgehead atoms. The quantitative estimate of drug-likeness (QED) is 0.735. The van der Waals surface area contributed by atoms with Gasteiger partial charge in [0.15, 0.2) is 0 Å². The summed E-state index contributed by atoms with van der Waals surface area (Å²) in [5.74, 6) is 0.746. The zero-order valence-electron chi connectivity index (χ0n) is 10.5. The SMILES string of the molecule is Oc1ccccc1Nc1nnc(C2CCCCN2)o1. The van der Waals surface area contributed by atoms with Crippen LogP contribution in [0.15, 0.2) is 28.7 Å². The van der Waals surface area contributed by atoms with Gasteiger partial charge >= 0.3 is 6.01 Å². The van der Waals surface area contributed by atoms with Gasteiger partial charge in [-0.05, 0) is 31.5 Å². The van der Waals surface area contributed by atoms with Gasteiger partial charge in [-0.2, -0.15) is 0 Å². The highest BCUT2D eigenvalue weighted by Gasteiger charge is 2.20. The number of piperidine rings is 1. The van der Waals surface area contributed by atoms with Crippen LogP contribution in [0.2, 0.25) is 0 Å². The molecule has 0 amide bonds. The fraction of sp³-hybridized carbons (Fsp3) is 0.385. The molecule has 0 radical (unpaired) electrons. The summed E-state index contributed by atoms with van der Waals surface area (Å²) in [7, 11) is 0. The fourth-order valence-electron chi connectivity index (χ4n) is 2.18. The molecule has 1 aromatic carbocycles. The molecule has 3 rings (SSSR count). The molecule has 0 saturated carbocycles. The molecule has 0 spiro atoms. The summed E-state index contributed by atoms with van der Waals surface area (Å²) < 4.78 is 5.58. The molecule has 1 aromatic heterocycles. The number of nitrogens with zero attached hydrogens (tertiary/aromatic N) is 2. The van der Waals surface area contributed by atoms with Gasteiger partial charge in [-0.25, -0.2) is 0 Å². The van der Waals surface area contributed by atoms with Gasteiger partial charge in [0, 0.05) is 0 Å². The number of nitrogens with one attached hydrogen (secondary N) is 2. The number of phenols is 1. The monoisotopic (exact) mass is 260 g/mol. The van der Waals surface area contributed by atoms with Crippen LogP contribution in [0.1, 0.15) is 31.2 Å². The molecule has 19 heavy (non-hydrogen) atoms. The second-order valence-electron chi connectivity index (χ2n) is 4.59. The Morgan fingerprint density at radius 1 is 1.26 bits per heavy atom. The van der Waals surface area contributed by atoms with E-state index in [1.54, 1.807) is 18.2 Å². The van der Waals surface area contributed by atoms with Gasteiger partial charge in [0.1, 0.15) is 5.75 Å². The molecule has 100 valence electrons. The summed E-state index contributed by atoms with van der Waals surface area (Å²) in [5, 5.41) is 23.9. The van der Waals surface area contributed by atoms with Crippen LogP contribution < -0.4 is 10.6 Å². The van der Waals surface area contributed by atoms with E-state index in [9.17, 15) is 5.11 Å². The van der Waals surface area contributed by atoms with Crippen LogP contribution in [0.3, 0.4) is 0 Å². The smallest absolute Gasteiger partial charge is 0.320 e. The first-order valence-electron chi connectivity index (χ1n) is 6.45. The zero-order chi connectivity index (χ0) is 13.1. The standard InChI is InChI=1S/C13H16N4O2/c18-11-7-2-1-5-9(11)15-13-17-16-12(19-13)10-6-3-4-8-14-10/h1-2,5,7,10,14,18H,3-4,6,8H2,(H,15,17). The highest BCUT2D eigenvalue weighted by molar-refractivity contribution is 5.60. The van der Waals surface area contributed by atoms with Crippen molar-refractivity contribution >= 4 is 11.7 Å². The van der Waals surface area contributed by atoms with E-state index in [4.69, 9.17) is 4.42 Å². The summed E-state index contributed by atoms with van der Waals surface area (Å²) in [6.45, 7) is 0.981. The molecule has 1 aliphatic rings. The Labute approximate surface area is 110 Å². The number of aromatic hydroxyl groups is 1. The lowest BCUT2D eigenvalue weighted by Gasteiger charge is -2.19. The number of hydrogen-bond donors (Lipinski definition) is 3. The molecule has 2 aromatic rings. The molecule has 1 fully saturated rings. The maximum atomic E-state index is 9.66. The average molecular weight is 260 g/mol. The molecule has 3 N–H and O–H groups in total. The number of hydrogen-bond acceptors (Lipinski definition) is 6. The molecule has 6 heteroatoms. The number of benzene rings is 1. The van der Waals surface area contributed by atoms with Gasteiger partial charge in [0.05, 0.1) is 11.7 Å². The van der Waals surface area contributed by atoms with Crippen molar-refractivity contribution < 1.29 is 9.52 Å². The van der Waals surface area contributed by atoms with E-state index in [0.29, 0.717) is 17.6 Å². The van der Waals surface area contributed by atoms with E-state index in [-0.39, 0.29) is 11.8 Å². The predicted molar refractivity (Wildman–Crippen MR) is 70.3 cm³/mol. The molecule has 6 nitrogen and oxygen atoms in total. The number of anilines is 2. The van der Waals surface area contributed by atoms with Crippen molar-refractivity contribution in [1.29, 1.82) is 0 Å². The third kappa shape index (κ3) is 2.68. The minimum atomic E-state index is 0.140. The third-order valence-corrected chi connectivity index (χ3v) is 3.19. The van der Waals surface area contributed by atoms with Crippen molar-refractivity contribution in [2.75, 3.05) is 11.9 Å². The topological polar surface area (TPSA) is 83.2 Å². The van der Waals surface area contributed by atoms with E-state index < -0.39 is 0 Å². The number of para-hydroxylation sites is 2. The normalized spacial score (nSPS) is 19.3. The van der Waals surface area contributed by atoms with Crippen LogP contribution in [0.4, 0.5) is 11.7 Å². The van der Waals surface area contributed by atoms with Gasteiger partial charge in [-0.1, -0.05) is 23.7 Å². The summed E-state index contributed by atoms with van der Waals surface area (Å²) in [6, 6.07) is 7.36. The largest absolute Gasteiger partial charge is 0.506 e.